The van der Waals surface area contributed by atoms with E-state index < -0.39 is 0 Å². The third-order valence-corrected chi connectivity index (χ3v) is 5.36. The molecular formula is C19H24N4O2. The molecule has 2 bridgehead atoms. The fourth-order valence-electron chi connectivity index (χ4n) is 3.95. The average molecular weight is 340 g/mol. The second-order valence-corrected chi connectivity index (χ2v) is 7.23. The fourth-order valence-corrected chi connectivity index (χ4v) is 3.95. The van der Waals surface area contributed by atoms with Gasteiger partial charge in [0.15, 0.2) is 0 Å². The number of amides is 1. The van der Waals surface area contributed by atoms with E-state index in [-0.39, 0.29) is 12.5 Å². The Hall–Kier alpha value is -2.21. The van der Waals surface area contributed by atoms with Gasteiger partial charge in [0.25, 0.3) is 0 Å². The van der Waals surface area contributed by atoms with Crippen LogP contribution in [0.5, 0.6) is 0 Å². The van der Waals surface area contributed by atoms with E-state index in [0.29, 0.717) is 24.2 Å². The number of nitrogens with zero attached hydrogens (tertiary/aromatic N) is 3. The Labute approximate surface area is 147 Å². The Morgan fingerprint density at radius 3 is 2.88 bits per heavy atom. The lowest BCUT2D eigenvalue weighted by atomic mass is 10.1. The molecule has 0 radical (unpaired) electrons. The maximum atomic E-state index is 12.1. The van der Waals surface area contributed by atoms with Crippen molar-refractivity contribution < 1.29 is 9.32 Å². The Kier molecular flexibility index (Phi) is 4.53. The van der Waals surface area contributed by atoms with Gasteiger partial charge in [-0.25, -0.2) is 0 Å². The van der Waals surface area contributed by atoms with Gasteiger partial charge in [-0.05, 0) is 32.1 Å². The van der Waals surface area contributed by atoms with Gasteiger partial charge in [-0.3, -0.25) is 9.69 Å². The van der Waals surface area contributed by atoms with Crippen molar-refractivity contribution in [3.63, 3.8) is 0 Å². The molecule has 132 valence electrons. The van der Waals surface area contributed by atoms with Crippen LogP contribution in [0.15, 0.2) is 28.8 Å². The van der Waals surface area contributed by atoms with E-state index in [9.17, 15) is 4.79 Å². The number of carbonyl (C=O) groups is 1. The Bertz CT molecular complexity index is 740. The summed E-state index contributed by atoms with van der Waals surface area (Å²) in [5.74, 6) is 1.89. The SMILES string of the molecule is Cc1ccc(-c2noc(CNC(=O)CCN3C[C@@H]4CC[C@H]3C4)n2)cc1. The van der Waals surface area contributed by atoms with Crippen LogP contribution in [0.1, 0.15) is 37.1 Å². The Morgan fingerprint density at radius 2 is 2.16 bits per heavy atom. The van der Waals surface area contributed by atoms with Crippen molar-refractivity contribution >= 4 is 5.91 Å². The first-order valence-corrected chi connectivity index (χ1v) is 9.08. The third-order valence-electron chi connectivity index (χ3n) is 5.36. The number of nitrogens with one attached hydrogen (secondary N) is 1. The summed E-state index contributed by atoms with van der Waals surface area (Å²) in [5, 5.41) is 6.86. The van der Waals surface area contributed by atoms with Crippen LogP contribution >= 0.6 is 0 Å². The molecule has 6 heteroatoms. The normalized spacial score (nSPS) is 22.4. The van der Waals surface area contributed by atoms with E-state index in [4.69, 9.17) is 4.52 Å². The van der Waals surface area contributed by atoms with Gasteiger partial charge in [-0.2, -0.15) is 4.98 Å². The molecule has 0 spiro atoms. The van der Waals surface area contributed by atoms with Crippen LogP contribution in [0.2, 0.25) is 0 Å². The second-order valence-electron chi connectivity index (χ2n) is 7.23. The Morgan fingerprint density at radius 1 is 1.32 bits per heavy atom. The highest BCUT2D eigenvalue weighted by molar-refractivity contribution is 5.75. The van der Waals surface area contributed by atoms with E-state index in [1.165, 1.54) is 31.4 Å². The first-order chi connectivity index (χ1) is 12.2. The first kappa shape index (κ1) is 16.3. The summed E-state index contributed by atoms with van der Waals surface area (Å²) in [5.41, 5.74) is 2.10. The molecule has 2 aromatic rings. The topological polar surface area (TPSA) is 71.3 Å². The summed E-state index contributed by atoms with van der Waals surface area (Å²) in [6.07, 6.45) is 4.53. The summed E-state index contributed by atoms with van der Waals surface area (Å²) >= 11 is 0. The fraction of sp³-hybridized carbons (Fsp3) is 0.526. The van der Waals surface area contributed by atoms with E-state index in [1.807, 2.05) is 31.2 Å². The van der Waals surface area contributed by atoms with Gasteiger partial charge in [0.05, 0.1) is 6.54 Å². The van der Waals surface area contributed by atoms with Gasteiger partial charge in [0.1, 0.15) is 0 Å². The molecule has 6 nitrogen and oxygen atoms in total. The predicted octanol–water partition coefficient (Wildman–Crippen LogP) is 2.54. The van der Waals surface area contributed by atoms with Crippen LogP contribution in [-0.2, 0) is 11.3 Å². The lowest BCUT2D eigenvalue weighted by molar-refractivity contribution is -0.121. The monoisotopic (exact) mass is 340 g/mol. The summed E-state index contributed by atoms with van der Waals surface area (Å²) < 4.78 is 5.23. The van der Waals surface area contributed by atoms with Crippen molar-refractivity contribution in [3.05, 3.63) is 35.7 Å². The zero-order chi connectivity index (χ0) is 17.2. The van der Waals surface area contributed by atoms with Crippen LogP contribution in [0.4, 0.5) is 0 Å². The van der Waals surface area contributed by atoms with Crippen LogP contribution in [0, 0.1) is 12.8 Å². The third kappa shape index (κ3) is 3.74. The number of fused-ring (bicyclic) bond motifs is 2. The summed E-state index contributed by atoms with van der Waals surface area (Å²) in [6.45, 7) is 4.34. The second kappa shape index (κ2) is 6.96. The van der Waals surface area contributed by atoms with Crippen LogP contribution in [-0.4, -0.2) is 40.1 Å². The van der Waals surface area contributed by atoms with E-state index in [1.54, 1.807) is 0 Å². The lowest BCUT2D eigenvalue weighted by Crippen LogP contribution is -2.35. The van der Waals surface area contributed by atoms with E-state index >= 15 is 0 Å². The molecule has 1 aromatic carbocycles. The first-order valence-electron chi connectivity index (χ1n) is 9.08. The smallest absolute Gasteiger partial charge is 0.246 e. The number of likely N-dealkylation sites (tertiary alicyclic amines) is 1. The van der Waals surface area contributed by atoms with Crippen molar-refractivity contribution in [2.24, 2.45) is 5.92 Å². The number of carbonyl (C=O) groups excluding carboxylic acids is 1. The molecule has 4 rings (SSSR count). The zero-order valence-corrected chi connectivity index (χ0v) is 14.6. The minimum atomic E-state index is 0.0397. The number of aryl methyl sites for hydroxylation is 1. The maximum Gasteiger partial charge on any atom is 0.246 e. The molecule has 2 atom stereocenters. The molecule has 2 heterocycles. The van der Waals surface area contributed by atoms with Crippen molar-refractivity contribution in [2.75, 3.05) is 13.1 Å². The van der Waals surface area contributed by atoms with E-state index in [0.717, 1.165) is 18.0 Å². The number of piperidine rings is 1. The number of hydrogen-bond donors (Lipinski definition) is 1. The van der Waals surface area contributed by atoms with Crippen molar-refractivity contribution in [1.82, 2.24) is 20.4 Å². The predicted molar refractivity (Wildman–Crippen MR) is 93.6 cm³/mol. The summed E-state index contributed by atoms with van der Waals surface area (Å²) in [4.78, 5) is 18.9. The molecular weight excluding hydrogens is 316 g/mol. The van der Waals surface area contributed by atoms with Crippen molar-refractivity contribution in [2.45, 2.75) is 45.2 Å². The van der Waals surface area contributed by atoms with Crippen molar-refractivity contribution in [1.29, 1.82) is 0 Å². The molecule has 1 N–H and O–H groups in total. The standard InChI is InChI=1S/C19H24N4O2/c1-13-2-5-15(6-3-13)19-21-18(25-22-19)11-20-17(24)8-9-23-12-14-4-7-16(23)10-14/h2-3,5-6,14,16H,4,7-12H2,1H3,(H,20,24)/t14-,16+/m1/s1. The molecule has 0 unspecified atom stereocenters. The summed E-state index contributed by atoms with van der Waals surface area (Å²) in [6, 6.07) is 8.67. The van der Waals surface area contributed by atoms with Crippen LogP contribution in [0.3, 0.4) is 0 Å². The average Bonchev–Trinajstić information content (AvgIpc) is 3.35. The quantitative estimate of drug-likeness (QED) is 0.875. The minimum Gasteiger partial charge on any atom is -0.347 e. The van der Waals surface area contributed by atoms with Gasteiger partial charge in [-0.1, -0.05) is 35.0 Å². The van der Waals surface area contributed by atoms with E-state index in [2.05, 4.69) is 20.4 Å². The molecule has 1 aliphatic heterocycles. The van der Waals surface area contributed by atoms with Gasteiger partial charge in [-0.15, -0.1) is 0 Å². The molecule has 1 saturated carbocycles. The van der Waals surface area contributed by atoms with Gasteiger partial charge in [0.2, 0.25) is 17.6 Å². The number of benzene rings is 1. The molecule has 2 fully saturated rings. The molecule has 1 aromatic heterocycles. The molecule has 25 heavy (non-hydrogen) atoms. The molecule has 1 aliphatic carbocycles. The zero-order valence-electron chi connectivity index (χ0n) is 14.6. The van der Waals surface area contributed by atoms with Crippen molar-refractivity contribution in [3.8, 4) is 11.4 Å². The Balaban J connectivity index is 1.24. The number of hydrogen-bond acceptors (Lipinski definition) is 5. The van der Waals surface area contributed by atoms with Crippen LogP contribution in [0.25, 0.3) is 11.4 Å². The van der Waals surface area contributed by atoms with Crippen LogP contribution < -0.4 is 5.32 Å². The van der Waals surface area contributed by atoms with Gasteiger partial charge < -0.3 is 9.84 Å². The largest absolute Gasteiger partial charge is 0.347 e. The highest BCUT2D eigenvalue weighted by Gasteiger charge is 2.37. The summed E-state index contributed by atoms with van der Waals surface area (Å²) in [7, 11) is 0. The maximum absolute atomic E-state index is 12.1. The minimum absolute atomic E-state index is 0.0397. The molecule has 1 saturated heterocycles. The van der Waals surface area contributed by atoms with Gasteiger partial charge in [0, 0.05) is 31.1 Å². The highest BCUT2D eigenvalue weighted by Crippen LogP contribution is 2.37. The van der Waals surface area contributed by atoms with Gasteiger partial charge >= 0.3 is 0 Å². The number of rotatable bonds is 6. The molecule has 2 aliphatic rings. The number of aromatic nitrogens is 2. The highest BCUT2D eigenvalue weighted by atomic mass is 16.5. The lowest BCUT2D eigenvalue weighted by Gasteiger charge is -2.26. The molecule has 1 amide bonds.